The first-order chi connectivity index (χ1) is 16.4. The van der Waals surface area contributed by atoms with Gasteiger partial charge in [-0.1, -0.05) is 30.3 Å². The van der Waals surface area contributed by atoms with Crippen LogP contribution in [0.2, 0.25) is 0 Å². The molecule has 4 N–H and O–H groups in total. The number of aliphatic carboxylic acids is 1. The quantitative estimate of drug-likeness (QED) is 0.409. The summed E-state index contributed by atoms with van der Waals surface area (Å²) in [5.74, 6) is -1.63. The van der Waals surface area contributed by atoms with Gasteiger partial charge < -0.3 is 25.4 Å². The lowest BCUT2D eigenvalue weighted by molar-refractivity contribution is -0.138. The van der Waals surface area contributed by atoms with E-state index in [1.807, 2.05) is 0 Å². The van der Waals surface area contributed by atoms with E-state index in [2.05, 4.69) is 10.6 Å². The van der Waals surface area contributed by atoms with Gasteiger partial charge in [-0.05, 0) is 41.8 Å². The first-order valence-corrected chi connectivity index (χ1v) is 10.3. The number of alkyl halides is 3. The Balaban J connectivity index is 1.87. The van der Waals surface area contributed by atoms with Crippen LogP contribution in [0.1, 0.15) is 29.2 Å². The van der Waals surface area contributed by atoms with Gasteiger partial charge in [-0.2, -0.15) is 13.2 Å². The normalized spacial score (nSPS) is 12.1. The molecule has 35 heavy (non-hydrogen) atoms. The maximum absolute atomic E-state index is 12.8. The molecular formula is C24H22F3N3O5. The van der Waals surface area contributed by atoms with Crippen LogP contribution in [0.4, 0.5) is 23.7 Å². The Morgan fingerprint density at radius 2 is 1.74 bits per heavy atom. The predicted octanol–water partition coefficient (Wildman–Crippen LogP) is 4.42. The first kappa shape index (κ1) is 25.3. The third kappa shape index (κ3) is 5.99. The minimum absolute atomic E-state index is 0.341. The average Bonchev–Trinajstić information content (AvgIpc) is 2.79. The van der Waals surface area contributed by atoms with Crippen molar-refractivity contribution in [1.29, 1.82) is 0 Å². The molecule has 0 unspecified atom stereocenters. The number of carbonyl (C=O) groups excluding carboxylic acids is 1. The van der Waals surface area contributed by atoms with E-state index in [4.69, 9.17) is 0 Å². The van der Waals surface area contributed by atoms with Gasteiger partial charge in [-0.3, -0.25) is 9.59 Å². The molecule has 0 spiro atoms. The van der Waals surface area contributed by atoms with Crippen LogP contribution in [-0.4, -0.2) is 26.8 Å². The Kier molecular flexibility index (Phi) is 7.18. The molecule has 184 valence electrons. The van der Waals surface area contributed by atoms with E-state index < -0.39 is 47.5 Å². The summed E-state index contributed by atoms with van der Waals surface area (Å²) in [5.41, 5.74) is -0.134. The number of nitrogens with one attached hydrogen (secondary N) is 2. The largest absolute Gasteiger partial charge is 0.505 e. The van der Waals surface area contributed by atoms with Crippen molar-refractivity contribution in [2.75, 3.05) is 5.32 Å². The lowest BCUT2D eigenvalue weighted by Gasteiger charge is -2.19. The van der Waals surface area contributed by atoms with Gasteiger partial charge in [-0.15, -0.1) is 0 Å². The number of rotatable bonds is 6. The number of halogens is 3. The van der Waals surface area contributed by atoms with Crippen molar-refractivity contribution in [1.82, 2.24) is 9.88 Å². The lowest BCUT2D eigenvalue weighted by atomic mass is 9.97. The van der Waals surface area contributed by atoms with Crippen molar-refractivity contribution >= 4 is 17.7 Å². The zero-order valence-electron chi connectivity index (χ0n) is 18.7. The number of carbonyl (C=O) groups is 2. The number of pyridine rings is 1. The summed E-state index contributed by atoms with van der Waals surface area (Å²) in [5, 5.41) is 24.2. The second-order valence-electron chi connectivity index (χ2n) is 7.90. The number of carboxylic acid groups (broad SMARTS) is 1. The molecule has 2 aromatic carbocycles. The Labute approximate surface area is 197 Å². The van der Waals surface area contributed by atoms with Gasteiger partial charge in [0.15, 0.2) is 5.69 Å². The highest BCUT2D eigenvalue weighted by Crippen LogP contribution is 2.32. The van der Waals surface area contributed by atoms with E-state index in [0.717, 1.165) is 12.1 Å². The molecule has 1 atom stereocenters. The number of aromatic nitrogens is 1. The van der Waals surface area contributed by atoms with Gasteiger partial charge in [0.1, 0.15) is 5.75 Å². The summed E-state index contributed by atoms with van der Waals surface area (Å²) < 4.78 is 39.7. The molecule has 0 saturated heterocycles. The second-order valence-corrected chi connectivity index (χ2v) is 7.90. The Morgan fingerprint density at radius 3 is 2.34 bits per heavy atom. The molecule has 3 aromatic rings. The highest BCUT2D eigenvalue weighted by Gasteiger charge is 2.30. The summed E-state index contributed by atoms with van der Waals surface area (Å²) in [7, 11) is 1.44. The van der Waals surface area contributed by atoms with Gasteiger partial charge in [-0.25, -0.2) is 4.79 Å². The van der Waals surface area contributed by atoms with Crippen LogP contribution >= 0.6 is 0 Å². The molecule has 0 aliphatic heterocycles. The summed E-state index contributed by atoms with van der Waals surface area (Å²) in [6, 6.07) is 8.85. The summed E-state index contributed by atoms with van der Waals surface area (Å²) in [6.07, 6.45) is -3.60. The minimum Gasteiger partial charge on any atom is -0.505 e. The fourth-order valence-corrected chi connectivity index (χ4v) is 3.52. The number of hydrogen-bond acceptors (Lipinski definition) is 4. The SMILES string of the molecule is Cc1cn(C)c(=O)c(NC(=O)N[C@@H](CC(=O)O)c2cccc(-c3ccc(C(F)(F)F)cc3)c2)c1O. The van der Waals surface area contributed by atoms with Crippen LogP contribution in [-0.2, 0) is 18.0 Å². The fourth-order valence-electron chi connectivity index (χ4n) is 3.52. The third-order valence-corrected chi connectivity index (χ3v) is 5.29. The number of aryl methyl sites for hydroxylation is 2. The smallest absolute Gasteiger partial charge is 0.416 e. The fraction of sp³-hybridized carbons (Fsp3) is 0.208. The average molecular weight is 489 g/mol. The van der Waals surface area contributed by atoms with Crippen molar-refractivity contribution in [2.24, 2.45) is 7.05 Å². The molecule has 0 aliphatic rings. The van der Waals surface area contributed by atoms with Gasteiger partial charge in [0.2, 0.25) is 0 Å². The maximum Gasteiger partial charge on any atom is 0.416 e. The molecule has 1 heterocycles. The molecule has 3 rings (SSSR count). The van der Waals surface area contributed by atoms with Crippen molar-refractivity contribution in [3.05, 3.63) is 81.8 Å². The lowest BCUT2D eigenvalue weighted by Crippen LogP contribution is -2.36. The number of nitrogens with zero attached hydrogens (tertiary/aromatic N) is 1. The van der Waals surface area contributed by atoms with Crippen molar-refractivity contribution in [3.63, 3.8) is 0 Å². The monoisotopic (exact) mass is 489 g/mol. The third-order valence-electron chi connectivity index (χ3n) is 5.29. The van der Waals surface area contributed by atoms with E-state index >= 15 is 0 Å². The van der Waals surface area contributed by atoms with Crippen molar-refractivity contribution in [3.8, 4) is 16.9 Å². The molecule has 0 fully saturated rings. The number of urea groups is 1. The number of hydrogen-bond donors (Lipinski definition) is 4. The second kappa shape index (κ2) is 9.92. The topological polar surface area (TPSA) is 121 Å². The number of amides is 2. The van der Waals surface area contributed by atoms with Crippen LogP contribution in [0, 0.1) is 6.92 Å². The Bertz CT molecular complexity index is 1320. The summed E-state index contributed by atoms with van der Waals surface area (Å²) in [6.45, 7) is 1.54. The van der Waals surface area contributed by atoms with E-state index in [9.17, 15) is 37.8 Å². The number of benzene rings is 2. The zero-order valence-corrected chi connectivity index (χ0v) is 18.7. The molecule has 8 nitrogen and oxygen atoms in total. The van der Waals surface area contributed by atoms with Crippen LogP contribution in [0.5, 0.6) is 5.75 Å². The molecule has 0 saturated carbocycles. The molecule has 11 heteroatoms. The van der Waals surface area contributed by atoms with Gasteiger partial charge in [0.05, 0.1) is 18.0 Å². The van der Waals surface area contributed by atoms with Crippen LogP contribution < -0.4 is 16.2 Å². The highest BCUT2D eigenvalue weighted by molar-refractivity contribution is 5.91. The van der Waals surface area contributed by atoms with E-state index in [1.54, 1.807) is 24.3 Å². The van der Waals surface area contributed by atoms with Crippen LogP contribution in [0.15, 0.2) is 59.5 Å². The summed E-state index contributed by atoms with van der Waals surface area (Å²) >= 11 is 0. The number of carboxylic acids is 1. The Hall–Kier alpha value is -4.28. The van der Waals surface area contributed by atoms with E-state index in [-0.39, 0.29) is 5.69 Å². The minimum atomic E-state index is -4.48. The first-order valence-electron chi connectivity index (χ1n) is 10.3. The highest BCUT2D eigenvalue weighted by atomic mass is 19.4. The Morgan fingerprint density at radius 1 is 1.09 bits per heavy atom. The molecule has 0 bridgehead atoms. The molecule has 1 aromatic heterocycles. The predicted molar refractivity (Wildman–Crippen MR) is 122 cm³/mol. The van der Waals surface area contributed by atoms with E-state index in [0.29, 0.717) is 22.3 Å². The van der Waals surface area contributed by atoms with Gasteiger partial charge >= 0.3 is 18.2 Å². The maximum atomic E-state index is 12.8. The van der Waals surface area contributed by atoms with Gasteiger partial charge in [0.25, 0.3) is 5.56 Å². The van der Waals surface area contributed by atoms with Gasteiger partial charge in [0, 0.05) is 18.8 Å². The van der Waals surface area contributed by atoms with E-state index in [1.165, 1.54) is 36.9 Å². The zero-order chi connectivity index (χ0) is 25.9. The molecule has 2 amide bonds. The molecule has 0 radical (unpaired) electrons. The standard InChI is InChI=1S/C24H22F3N3O5/c1-13-12-30(2)22(34)20(21(13)33)29-23(35)28-18(11-19(31)32)16-5-3-4-15(10-16)14-6-8-17(9-7-14)24(25,26)27/h3-10,12,18,33H,11H2,1-2H3,(H,31,32)(H2,28,29,35)/t18-/m0/s1. The van der Waals surface area contributed by atoms with Crippen molar-refractivity contribution in [2.45, 2.75) is 25.6 Å². The number of anilines is 1. The van der Waals surface area contributed by atoms with Crippen LogP contribution in [0.3, 0.4) is 0 Å². The van der Waals surface area contributed by atoms with Crippen molar-refractivity contribution < 1.29 is 33.0 Å². The van der Waals surface area contributed by atoms with Crippen LogP contribution in [0.25, 0.3) is 11.1 Å². The summed E-state index contributed by atoms with van der Waals surface area (Å²) in [4.78, 5) is 36.3. The molecule has 0 aliphatic carbocycles. The number of aromatic hydroxyl groups is 1. The molecular weight excluding hydrogens is 467 g/mol.